The van der Waals surface area contributed by atoms with Gasteiger partial charge in [-0.2, -0.15) is 0 Å². The number of hydrogen-bond acceptors (Lipinski definition) is 3. The van der Waals surface area contributed by atoms with E-state index >= 15 is 0 Å². The Kier molecular flexibility index (Phi) is 4.85. The Hall–Kier alpha value is -1.95. The molecule has 1 aliphatic rings. The number of carbonyl (C=O) groups is 1. The van der Waals surface area contributed by atoms with Crippen molar-refractivity contribution in [3.8, 4) is 0 Å². The number of nitrogens with zero attached hydrogens (tertiary/aromatic N) is 1. The lowest BCUT2D eigenvalue weighted by Gasteiger charge is -2.27. The Labute approximate surface area is 146 Å². The third-order valence-corrected chi connectivity index (χ3v) is 5.15. The van der Waals surface area contributed by atoms with Crippen LogP contribution in [0.4, 0.5) is 0 Å². The lowest BCUT2D eigenvalue weighted by molar-refractivity contribution is 0.0921. The van der Waals surface area contributed by atoms with Gasteiger partial charge in [-0.1, -0.05) is 19.8 Å². The van der Waals surface area contributed by atoms with Crippen LogP contribution in [0.25, 0.3) is 10.9 Å². The third kappa shape index (κ3) is 3.29. The predicted molar refractivity (Wildman–Crippen MR) is 98.0 cm³/mol. The van der Waals surface area contributed by atoms with Crippen LogP contribution in [-0.2, 0) is 6.54 Å². The molecule has 3 rings (SSSR count). The number of carbonyl (C=O) groups excluding carboxylic acids is 1. The maximum absolute atomic E-state index is 12.5. The van der Waals surface area contributed by atoms with Crippen molar-refractivity contribution in [2.24, 2.45) is 5.92 Å². The molecule has 1 aliphatic carbocycles. The molecule has 2 atom stereocenters. The summed E-state index contributed by atoms with van der Waals surface area (Å²) in [7, 11) is 0. The van der Waals surface area contributed by atoms with Gasteiger partial charge in [0.05, 0.1) is 10.9 Å². The van der Waals surface area contributed by atoms with E-state index in [1.807, 2.05) is 6.92 Å². The number of amides is 1. The van der Waals surface area contributed by atoms with Gasteiger partial charge in [0.2, 0.25) is 0 Å². The van der Waals surface area contributed by atoms with E-state index in [1.54, 1.807) is 18.2 Å². The first kappa shape index (κ1) is 16.9. The van der Waals surface area contributed by atoms with Gasteiger partial charge in [0, 0.05) is 18.2 Å². The number of rotatable bonds is 3. The molecule has 0 radical (unpaired) electrons. The van der Waals surface area contributed by atoms with E-state index in [-0.39, 0.29) is 17.5 Å². The smallest absolute Gasteiger partial charge is 0.262 e. The predicted octanol–water partition coefficient (Wildman–Crippen LogP) is 3.39. The summed E-state index contributed by atoms with van der Waals surface area (Å²) in [4.78, 5) is 28.0. The van der Waals surface area contributed by atoms with E-state index in [0.29, 0.717) is 33.7 Å². The minimum absolute atomic E-state index is 0.0880. The molecule has 1 heterocycles. The Balaban J connectivity index is 1.89. The first-order valence-electron chi connectivity index (χ1n) is 8.57. The Morgan fingerprint density at radius 3 is 2.92 bits per heavy atom. The number of hydrogen-bond donors (Lipinski definition) is 2. The second kappa shape index (κ2) is 6.89. The summed E-state index contributed by atoms with van der Waals surface area (Å²) in [6, 6.07) is 5.37. The van der Waals surface area contributed by atoms with Gasteiger partial charge in [-0.3, -0.25) is 14.2 Å². The summed E-state index contributed by atoms with van der Waals surface area (Å²) in [5, 5.41) is 3.67. The highest BCUT2D eigenvalue weighted by molar-refractivity contribution is 7.71. The minimum Gasteiger partial charge on any atom is -0.349 e. The number of benzene rings is 1. The molecule has 0 bridgehead atoms. The number of H-pyrrole nitrogens is 1. The van der Waals surface area contributed by atoms with Crippen molar-refractivity contribution < 1.29 is 4.79 Å². The first-order chi connectivity index (χ1) is 11.5. The van der Waals surface area contributed by atoms with Gasteiger partial charge in [0.1, 0.15) is 0 Å². The number of aromatic nitrogens is 2. The van der Waals surface area contributed by atoms with Crippen molar-refractivity contribution in [1.29, 1.82) is 0 Å². The summed E-state index contributed by atoms with van der Waals surface area (Å²) in [6.45, 7) is 4.63. The highest BCUT2D eigenvalue weighted by Crippen LogP contribution is 2.23. The summed E-state index contributed by atoms with van der Waals surface area (Å²) >= 11 is 5.23. The van der Waals surface area contributed by atoms with E-state index in [0.717, 1.165) is 19.3 Å². The SMILES string of the molecule is CCn1c(=S)[nH]c2cc(C(=O)N[C@@H]3CCC[C@H](C)C3)ccc2c1=O. The second-order valence-electron chi connectivity index (χ2n) is 6.68. The number of fused-ring (bicyclic) bond motifs is 1. The van der Waals surface area contributed by atoms with Gasteiger partial charge in [0.25, 0.3) is 11.5 Å². The lowest BCUT2D eigenvalue weighted by atomic mass is 9.87. The Morgan fingerprint density at radius 2 is 2.21 bits per heavy atom. The Morgan fingerprint density at radius 1 is 1.42 bits per heavy atom. The molecule has 1 aromatic carbocycles. The molecule has 1 fully saturated rings. The largest absolute Gasteiger partial charge is 0.349 e. The number of nitrogens with one attached hydrogen (secondary N) is 2. The van der Waals surface area contributed by atoms with Crippen molar-refractivity contribution in [1.82, 2.24) is 14.9 Å². The van der Waals surface area contributed by atoms with Crippen LogP contribution >= 0.6 is 12.2 Å². The van der Waals surface area contributed by atoms with Crippen molar-refractivity contribution in [2.45, 2.75) is 52.1 Å². The van der Waals surface area contributed by atoms with E-state index in [1.165, 1.54) is 11.0 Å². The van der Waals surface area contributed by atoms with E-state index in [4.69, 9.17) is 12.2 Å². The summed E-state index contributed by atoms with van der Waals surface area (Å²) in [5.74, 6) is 0.569. The van der Waals surface area contributed by atoms with Crippen LogP contribution in [0.3, 0.4) is 0 Å². The van der Waals surface area contributed by atoms with Crippen molar-refractivity contribution in [3.05, 3.63) is 38.9 Å². The molecule has 24 heavy (non-hydrogen) atoms. The van der Waals surface area contributed by atoms with Crippen LogP contribution in [0.2, 0.25) is 0 Å². The molecule has 0 unspecified atom stereocenters. The fraction of sp³-hybridized carbons (Fsp3) is 0.500. The van der Waals surface area contributed by atoms with Gasteiger partial charge in [-0.15, -0.1) is 0 Å². The Bertz CT molecular complexity index is 884. The summed E-state index contributed by atoms with van der Waals surface area (Å²) in [5.41, 5.74) is 1.05. The van der Waals surface area contributed by atoms with Gasteiger partial charge in [0.15, 0.2) is 4.77 Å². The molecular weight excluding hydrogens is 322 g/mol. The maximum atomic E-state index is 12.5. The quantitative estimate of drug-likeness (QED) is 0.838. The topological polar surface area (TPSA) is 66.9 Å². The highest BCUT2D eigenvalue weighted by atomic mass is 32.1. The van der Waals surface area contributed by atoms with Crippen LogP contribution in [0, 0.1) is 10.7 Å². The standard InChI is InChI=1S/C18H23N3O2S/c1-3-21-17(23)14-8-7-12(10-15(14)20-18(21)24)16(22)19-13-6-4-5-11(2)9-13/h7-8,10-11,13H,3-6,9H2,1-2H3,(H,19,22)(H,20,24)/t11-,13+/m0/s1. The fourth-order valence-electron chi connectivity index (χ4n) is 3.52. The number of aromatic amines is 1. The molecule has 1 aromatic heterocycles. The lowest BCUT2D eigenvalue weighted by Crippen LogP contribution is -2.38. The molecule has 5 nitrogen and oxygen atoms in total. The molecule has 0 spiro atoms. The first-order valence-corrected chi connectivity index (χ1v) is 8.98. The average molecular weight is 345 g/mol. The zero-order valence-corrected chi connectivity index (χ0v) is 14.9. The fourth-order valence-corrected chi connectivity index (χ4v) is 3.84. The molecule has 1 saturated carbocycles. The second-order valence-corrected chi connectivity index (χ2v) is 7.07. The molecule has 2 aromatic rings. The van der Waals surface area contributed by atoms with Gasteiger partial charge in [-0.25, -0.2) is 0 Å². The average Bonchev–Trinajstić information content (AvgIpc) is 2.54. The van der Waals surface area contributed by atoms with Crippen molar-refractivity contribution in [2.75, 3.05) is 0 Å². The van der Waals surface area contributed by atoms with E-state index < -0.39 is 0 Å². The molecule has 2 N–H and O–H groups in total. The molecule has 0 aliphatic heterocycles. The van der Waals surface area contributed by atoms with Crippen LogP contribution in [0.5, 0.6) is 0 Å². The zero-order chi connectivity index (χ0) is 17.3. The summed E-state index contributed by atoms with van der Waals surface area (Å²) in [6.07, 6.45) is 4.46. The van der Waals surface area contributed by atoms with Crippen LogP contribution in [-0.4, -0.2) is 21.5 Å². The molecule has 128 valence electrons. The van der Waals surface area contributed by atoms with Crippen molar-refractivity contribution in [3.63, 3.8) is 0 Å². The molecule has 0 saturated heterocycles. The van der Waals surface area contributed by atoms with Gasteiger partial charge >= 0.3 is 0 Å². The van der Waals surface area contributed by atoms with Crippen LogP contribution < -0.4 is 10.9 Å². The van der Waals surface area contributed by atoms with Gasteiger partial charge in [-0.05, 0) is 56.1 Å². The molecule has 1 amide bonds. The molecule has 6 heteroatoms. The maximum Gasteiger partial charge on any atom is 0.262 e. The van der Waals surface area contributed by atoms with E-state index in [9.17, 15) is 9.59 Å². The zero-order valence-electron chi connectivity index (χ0n) is 14.1. The van der Waals surface area contributed by atoms with E-state index in [2.05, 4.69) is 17.2 Å². The van der Waals surface area contributed by atoms with Gasteiger partial charge < -0.3 is 10.3 Å². The summed E-state index contributed by atoms with van der Waals surface area (Å²) < 4.78 is 1.90. The third-order valence-electron chi connectivity index (χ3n) is 4.83. The van der Waals surface area contributed by atoms with Crippen molar-refractivity contribution >= 4 is 29.0 Å². The molecular formula is C18H23N3O2S. The normalized spacial score (nSPS) is 20.9. The monoisotopic (exact) mass is 345 g/mol. The van der Waals surface area contributed by atoms with Crippen LogP contribution in [0.1, 0.15) is 49.9 Å². The highest BCUT2D eigenvalue weighted by Gasteiger charge is 2.21. The minimum atomic E-state index is -0.121. The van der Waals surface area contributed by atoms with Crippen LogP contribution in [0.15, 0.2) is 23.0 Å².